The van der Waals surface area contributed by atoms with E-state index >= 15 is 0 Å². The van der Waals surface area contributed by atoms with Crippen LogP contribution < -0.4 is 35.3 Å². The van der Waals surface area contributed by atoms with E-state index in [2.05, 4.69) is 0 Å². The molecule has 0 rings (SSSR count). The Hall–Kier alpha value is 0.390. The fourth-order valence-corrected chi connectivity index (χ4v) is 0.757. The van der Waals surface area contributed by atoms with Gasteiger partial charge in [0, 0.05) is 0 Å². The fraction of sp³-hybridized carbons (Fsp3) is 0.857. The number of carbonyl (C=O) groups is 1. The van der Waals surface area contributed by atoms with Gasteiger partial charge < -0.3 is 17.4 Å². The zero-order chi connectivity index (χ0) is 8.85. The topological polar surface area (TPSA) is 83.5 Å². The van der Waals surface area contributed by atoms with Gasteiger partial charge in [-0.15, -0.1) is 0 Å². The average Bonchev–Trinajstić information content (AvgIpc) is 1.98. The predicted molar refractivity (Wildman–Crippen MR) is 42.3 cm³/mol. The van der Waals surface area contributed by atoms with Crippen LogP contribution in [0.4, 0.5) is 0 Å². The molecule has 0 saturated carbocycles. The van der Waals surface area contributed by atoms with Gasteiger partial charge in [0.25, 0.3) is 0 Å². The molecule has 0 fully saturated rings. The van der Waals surface area contributed by atoms with Crippen LogP contribution in [0.1, 0.15) is 27.6 Å². The minimum atomic E-state index is -1.14. The van der Waals surface area contributed by atoms with Gasteiger partial charge in [-0.2, -0.15) is 0 Å². The van der Waals surface area contributed by atoms with E-state index in [1.54, 1.807) is 0 Å². The van der Waals surface area contributed by atoms with Gasteiger partial charge in [0.2, 0.25) is 0 Å². The maximum atomic E-state index is 10.2. The first-order chi connectivity index (χ1) is 5.09. The van der Waals surface area contributed by atoms with Crippen molar-refractivity contribution in [1.29, 1.82) is 0 Å². The molecule has 0 bridgehead atoms. The van der Waals surface area contributed by atoms with E-state index in [-0.39, 0.29) is 31.0 Å². The molecule has 0 aromatic heterocycles. The van der Waals surface area contributed by atoms with Crippen LogP contribution in [0.3, 0.4) is 0 Å². The van der Waals surface area contributed by atoms with Crippen molar-refractivity contribution < 1.29 is 46.0 Å². The first-order valence-corrected chi connectivity index (χ1v) is 3.76. The summed E-state index contributed by atoms with van der Waals surface area (Å²) in [5.74, 6) is -1.14. The Labute approximate surface area is 95.9 Å². The SMILES string of the molecule is CCCC[C@@H](O)[C@H](N)C(=O)O.[H-].[Na+]. The summed E-state index contributed by atoms with van der Waals surface area (Å²) in [7, 11) is 0. The molecule has 0 spiro atoms. The van der Waals surface area contributed by atoms with E-state index in [0.717, 1.165) is 12.8 Å². The van der Waals surface area contributed by atoms with E-state index in [1.807, 2.05) is 6.92 Å². The van der Waals surface area contributed by atoms with E-state index in [0.29, 0.717) is 6.42 Å². The second-order valence-corrected chi connectivity index (χ2v) is 2.57. The number of carboxylic acids is 1. The number of unbranched alkanes of at least 4 members (excludes halogenated alkanes) is 1. The van der Waals surface area contributed by atoms with Gasteiger partial charge in [-0.25, -0.2) is 0 Å². The number of aliphatic hydroxyl groups excluding tert-OH is 1. The number of carboxylic acid groups (broad SMARTS) is 1. The Bertz CT molecular complexity index is 137. The molecule has 5 heteroatoms. The van der Waals surface area contributed by atoms with Gasteiger partial charge in [-0.3, -0.25) is 4.79 Å². The van der Waals surface area contributed by atoms with Crippen molar-refractivity contribution in [1.82, 2.24) is 0 Å². The third-order valence-electron chi connectivity index (χ3n) is 1.55. The molecule has 2 atom stereocenters. The number of hydrogen-bond acceptors (Lipinski definition) is 3. The minimum absolute atomic E-state index is 0. The summed E-state index contributed by atoms with van der Waals surface area (Å²) in [6, 6.07) is -1.14. The molecular weight excluding hydrogens is 169 g/mol. The number of aliphatic carboxylic acids is 1. The predicted octanol–water partition coefficient (Wildman–Crippen LogP) is -2.93. The number of aliphatic hydroxyl groups is 1. The molecule has 0 aromatic carbocycles. The van der Waals surface area contributed by atoms with Crippen LogP contribution in [0, 0.1) is 0 Å². The number of nitrogens with two attached hydrogens (primary N) is 1. The smallest absolute Gasteiger partial charge is 1.00 e. The van der Waals surface area contributed by atoms with E-state index in [4.69, 9.17) is 15.9 Å². The van der Waals surface area contributed by atoms with Crippen molar-refractivity contribution in [3.05, 3.63) is 0 Å². The maximum Gasteiger partial charge on any atom is 1.00 e. The van der Waals surface area contributed by atoms with Crippen molar-refractivity contribution in [3.8, 4) is 0 Å². The van der Waals surface area contributed by atoms with Gasteiger partial charge in [-0.05, 0) is 6.42 Å². The summed E-state index contributed by atoms with van der Waals surface area (Å²) < 4.78 is 0. The Morgan fingerprint density at radius 3 is 2.50 bits per heavy atom. The molecule has 0 heterocycles. The first-order valence-electron chi connectivity index (χ1n) is 3.76. The zero-order valence-electron chi connectivity index (χ0n) is 8.66. The van der Waals surface area contributed by atoms with Gasteiger partial charge >= 0.3 is 35.5 Å². The van der Waals surface area contributed by atoms with Crippen LogP contribution in [-0.4, -0.2) is 28.3 Å². The summed E-state index contributed by atoms with van der Waals surface area (Å²) >= 11 is 0. The van der Waals surface area contributed by atoms with Gasteiger partial charge in [0.1, 0.15) is 6.04 Å². The molecule has 0 aliphatic rings. The van der Waals surface area contributed by atoms with Crippen molar-refractivity contribution >= 4 is 5.97 Å². The molecule has 12 heavy (non-hydrogen) atoms. The number of rotatable bonds is 5. The van der Waals surface area contributed by atoms with Crippen LogP contribution >= 0.6 is 0 Å². The Morgan fingerprint density at radius 2 is 2.17 bits per heavy atom. The quantitative estimate of drug-likeness (QED) is 0.400. The monoisotopic (exact) mass is 185 g/mol. The normalized spacial score (nSPS) is 14.6. The molecule has 68 valence electrons. The molecular formula is C7H16NNaO3. The second-order valence-electron chi connectivity index (χ2n) is 2.57. The van der Waals surface area contributed by atoms with Crippen molar-refractivity contribution in [2.24, 2.45) is 5.73 Å². The molecule has 0 amide bonds. The molecule has 0 aliphatic carbocycles. The van der Waals surface area contributed by atoms with Crippen molar-refractivity contribution in [2.45, 2.75) is 38.3 Å². The Balaban J connectivity index is -0.000000500. The first kappa shape index (κ1) is 14.9. The zero-order valence-corrected chi connectivity index (χ0v) is 9.66. The van der Waals surface area contributed by atoms with Gasteiger partial charge in [0.05, 0.1) is 6.10 Å². The summed E-state index contributed by atoms with van der Waals surface area (Å²) in [6.07, 6.45) is 1.29. The van der Waals surface area contributed by atoms with Gasteiger partial charge in [0.15, 0.2) is 0 Å². The van der Waals surface area contributed by atoms with E-state index in [1.165, 1.54) is 0 Å². The average molecular weight is 185 g/mol. The van der Waals surface area contributed by atoms with Crippen LogP contribution in [0.15, 0.2) is 0 Å². The van der Waals surface area contributed by atoms with Crippen molar-refractivity contribution in [3.63, 3.8) is 0 Å². The molecule has 0 saturated heterocycles. The standard InChI is InChI=1S/C7H15NO3.Na.H/c1-2-3-4-5(9)6(8)7(10)11;;/h5-6,9H,2-4,8H2,1H3,(H,10,11);;/q;+1;-1/t5-,6+;;/m1../s1. The van der Waals surface area contributed by atoms with E-state index in [9.17, 15) is 4.79 Å². The molecule has 0 unspecified atom stereocenters. The third-order valence-corrected chi connectivity index (χ3v) is 1.55. The maximum absolute atomic E-state index is 10.2. The van der Waals surface area contributed by atoms with Crippen molar-refractivity contribution in [2.75, 3.05) is 0 Å². The third kappa shape index (κ3) is 5.97. The minimum Gasteiger partial charge on any atom is -1.00 e. The van der Waals surface area contributed by atoms with Gasteiger partial charge in [-0.1, -0.05) is 19.8 Å². The Morgan fingerprint density at radius 1 is 1.67 bits per heavy atom. The molecule has 0 radical (unpaired) electrons. The summed E-state index contributed by atoms with van der Waals surface area (Å²) in [4.78, 5) is 10.2. The van der Waals surface area contributed by atoms with Crippen LogP contribution in [0.2, 0.25) is 0 Å². The van der Waals surface area contributed by atoms with Crippen LogP contribution in [-0.2, 0) is 4.79 Å². The molecule has 4 N–H and O–H groups in total. The second kappa shape index (κ2) is 8.01. The van der Waals surface area contributed by atoms with E-state index < -0.39 is 18.1 Å². The number of hydrogen-bond donors (Lipinski definition) is 3. The largest absolute Gasteiger partial charge is 1.00 e. The molecule has 4 nitrogen and oxygen atoms in total. The summed E-state index contributed by atoms with van der Waals surface area (Å²) in [5, 5.41) is 17.5. The fourth-order valence-electron chi connectivity index (χ4n) is 0.757. The van der Waals surface area contributed by atoms with Crippen LogP contribution in [0.25, 0.3) is 0 Å². The Kier molecular flexibility index (Phi) is 9.94. The summed E-state index contributed by atoms with van der Waals surface area (Å²) in [5.41, 5.74) is 5.15. The van der Waals surface area contributed by atoms with Crippen LogP contribution in [0.5, 0.6) is 0 Å². The summed E-state index contributed by atoms with van der Waals surface area (Å²) in [6.45, 7) is 1.97. The molecule has 0 aliphatic heterocycles. The molecule has 0 aromatic rings.